The van der Waals surface area contributed by atoms with Crippen LogP contribution in [0.25, 0.3) is 0 Å². The molecule has 0 radical (unpaired) electrons. The van der Waals surface area contributed by atoms with Gasteiger partial charge in [-0.3, -0.25) is 0 Å². The van der Waals surface area contributed by atoms with Gasteiger partial charge < -0.3 is 4.74 Å². The van der Waals surface area contributed by atoms with E-state index < -0.39 is 0 Å². The minimum absolute atomic E-state index is 0.357. The van der Waals surface area contributed by atoms with Gasteiger partial charge in [0.15, 0.2) is 0 Å². The van der Waals surface area contributed by atoms with Crippen LogP contribution in [-0.4, -0.2) is 10.2 Å². The van der Waals surface area contributed by atoms with Crippen LogP contribution in [0.2, 0.25) is 0 Å². The van der Waals surface area contributed by atoms with Crippen LogP contribution in [0, 0.1) is 20.8 Å². The monoisotopic (exact) mass is 262 g/mol. The van der Waals surface area contributed by atoms with Gasteiger partial charge in [-0.15, -0.1) is 16.7 Å². The van der Waals surface area contributed by atoms with Gasteiger partial charge in [0.1, 0.15) is 5.75 Å². The zero-order valence-corrected chi connectivity index (χ0v) is 11.5. The number of hydrogen-bond donors (Lipinski definition) is 0. The fourth-order valence-electron chi connectivity index (χ4n) is 1.69. The maximum absolute atomic E-state index is 5.75. The summed E-state index contributed by atoms with van der Waals surface area (Å²) in [6, 6.07) is 7.72. The molecule has 0 atom stereocenters. The van der Waals surface area contributed by atoms with Gasteiger partial charge >= 0.3 is 0 Å². The van der Waals surface area contributed by atoms with Crippen molar-refractivity contribution in [1.82, 2.24) is 10.2 Å². The third-order valence-corrected chi connectivity index (χ3v) is 3.08. The highest BCUT2D eigenvalue weighted by Gasteiger charge is 2.06. The Morgan fingerprint density at radius 2 is 1.89 bits per heavy atom. The summed E-state index contributed by atoms with van der Waals surface area (Å²) in [7, 11) is 0. The Bertz CT molecular complexity index is 552. The Morgan fingerprint density at radius 3 is 2.50 bits per heavy atom. The van der Waals surface area contributed by atoms with Crippen molar-refractivity contribution in [3.05, 3.63) is 46.6 Å². The maximum Gasteiger partial charge on any atom is 0.238 e. The summed E-state index contributed by atoms with van der Waals surface area (Å²) < 4.78 is 5.75. The van der Waals surface area contributed by atoms with Crippen molar-refractivity contribution >= 4 is 11.6 Å². The van der Waals surface area contributed by atoms with Crippen LogP contribution in [-0.2, 0) is 5.88 Å². The zero-order chi connectivity index (χ0) is 13.1. The first-order chi connectivity index (χ1) is 8.60. The Kier molecular flexibility index (Phi) is 3.82. The molecule has 0 aliphatic carbocycles. The number of ether oxygens (including phenoxy) is 1. The van der Waals surface area contributed by atoms with Crippen LogP contribution in [0.5, 0.6) is 11.6 Å². The summed E-state index contributed by atoms with van der Waals surface area (Å²) in [5, 5.41) is 7.95. The van der Waals surface area contributed by atoms with Crippen LogP contribution in [0.4, 0.5) is 0 Å². The van der Waals surface area contributed by atoms with Gasteiger partial charge in [-0.2, -0.15) is 5.10 Å². The Balaban J connectivity index is 2.27. The molecule has 0 N–H and O–H groups in total. The van der Waals surface area contributed by atoms with Gasteiger partial charge in [0.25, 0.3) is 0 Å². The molecule has 0 amide bonds. The Hall–Kier alpha value is -1.61. The summed E-state index contributed by atoms with van der Waals surface area (Å²) in [5.41, 5.74) is 4.22. The van der Waals surface area contributed by atoms with E-state index in [1.165, 1.54) is 11.1 Å². The van der Waals surface area contributed by atoms with Crippen LogP contribution < -0.4 is 4.74 Å². The van der Waals surface area contributed by atoms with Crippen molar-refractivity contribution in [2.75, 3.05) is 0 Å². The van der Waals surface area contributed by atoms with E-state index in [0.29, 0.717) is 11.8 Å². The first-order valence-corrected chi connectivity index (χ1v) is 6.28. The van der Waals surface area contributed by atoms with Crippen LogP contribution in [0.15, 0.2) is 24.3 Å². The molecule has 0 aliphatic heterocycles. The number of aryl methyl sites for hydroxylation is 2. The highest BCUT2D eigenvalue weighted by molar-refractivity contribution is 6.16. The fraction of sp³-hybridized carbons (Fsp3) is 0.286. The lowest BCUT2D eigenvalue weighted by Crippen LogP contribution is -1.96. The van der Waals surface area contributed by atoms with Crippen molar-refractivity contribution in [1.29, 1.82) is 0 Å². The number of benzene rings is 1. The average Bonchev–Trinajstić information content (AvgIpc) is 2.36. The lowest BCUT2D eigenvalue weighted by Gasteiger charge is -2.11. The third-order valence-electron chi connectivity index (χ3n) is 2.81. The third kappa shape index (κ3) is 2.79. The molecule has 0 spiro atoms. The molecule has 1 heterocycles. The van der Waals surface area contributed by atoms with Gasteiger partial charge in [0.2, 0.25) is 5.88 Å². The summed E-state index contributed by atoms with van der Waals surface area (Å²) in [6.45, 7) is 6.14. The molecule has 1 aromatic carbocycles. The van der Waals surface area contributed by atoms with E-state index in [-0.39, 0.29) is 0 Å². The Morgan fingerprint density at radius 1 is 1.11 bits per heavy atom. The second-order valence-electron chi connectivity index (χ2n) is 4.30. The van der Waals surface area contributed by atoms with Gasteiger partial charge in [-0.05, 0) is 49.6 Å². The molecule has 0 saturated heterocycles. The molecule has 0 aliphatic rings. The summed E-state index contributed by atoms with van der Waals surface area (Å²) >= 11 is 5.66. The normalized spacial score (nSPS) is 10.4. The number of nitrogens with zero attached hydrogens (tertiary/aromatic N) is 2. The standard InChI is InChI=1S/C14H15ClN2O/c1-9-6-10(2)11(3)13(7-9)18-14-5-4-12(8-15)16-17-14/h4-7H,8H2,1-3H3. The van der Waals surface area contributed by atoms with Crippen molar-refractivity contribution in [3.63, 3.8) is 0 Å². The molecule has 4 heteroatoms. The first kappa shape index (κ1) is 12.8. The minimum atomic E-state index is 0.357. The fourth-order valence-corrected chi connectivity index (χ4v) is 1.84. The van der Waals surface area contributed by atoms with Gasteiger partial charge in [-0.1, -0.05) is 6.07 Å². The van der Waals surface area contributed by atoms with Gasteiger partial charge in [-0.25, -0.2) is 0 Å². The van der Waals surface area contributed by atoms with Crippen LogP contribution in [0.3, 0.4) is 0 Å². The molecular weight excluding hydrogens is 248 g/mol. The van der Waals surface area contributed by atoms with E-state index in [2.05, 4.69) is 23.2 Å². The van der Waals surface area contributed by atoms with E-state index >= 15 is 0 Å². The molecule has 94 valence electrons. The second-order valence-corrected chi connectivity index (χ2v) is 4.57. The maximum atomic E-state index is 5.75. The number of aromatic nitrogens is 2. The summed E-state index contributed by atoms with van der Waals surface area (Å²) in [4.78, 5) is 0. The van der Waals surface area contributed by atoms with Crippen molar-refractivity contribution in [3.8, 4) is 11.6 Å². The predicted molar refractivity (Wildman–Crippen MR) is 72.3 cm³/mol. The van der Waals surface area contributed by atoms with Crippen molar-refractivity contribution in [2.24, 2.45) is 0 Å². The summed E-state index contributed by atoms with van der Waals surface area (Å²) in [6.07, 6.45) is 0. The van der Waals surface area contributed by atoms with Gasteiger partial charge in [0.05, 0.1) is 11.6 Å². The lowest BCUT2D eigenvalue weighted by atomic mass is 10.1. The molecule has 2 rings (SSSR count). The SMILES string of the molecule is Cc1cc(C)c(C)c(Oc2ccc(CCl)nn2)c1. The number of halogens is 1. The smallest absolute Gasteiger partial charge is 0.238 e. The lowest BCUT2D eigenvalue weighted by molar-refractivity contribution is 0.450. The molecule has 1 aromatic heterocycles. The molecule has 0 bridgehead atoms. The Labute approximate surface area is 112 Å². The zero-order valence-electron chi connectivity index (χ0n) is 10.7. The highest BCUT2D eigenvalue weighted by atomic mass is 35.5. The van der Waals surface area contributed by atoms with Crippen LogP contribution >= 0.6 is 11.6 Å². The van der Waals surface area contributed by atoms with Crippen molar-refractivity contribution < 1.29 is 4.74 Å². The second kappa shape index (κ2) is 5.36. The average molecular weight is 263 g/mol. The number of hydrogen-bond acceptors (Lipinski definition) is 3. The summed E-state index contributed by atoms with van der Waals surface area (Å²) in [5.74, 6) is 1.66. The quantitative estimate of drug-likeness (QED) is 0.786. The minimum Gasteiger partial charge on any atom is -0.437 e. The van der Waals surface area contributed by atoms with E-state index in [9.17, 15) is 0 Å². The van der Waals surface area contributed by atoms with Crippen molar-refractivity contribution in [2.45, 2.75) is 26.7 Å². The molecular formula is C14H15ClN2O. The van der Waals surface area contributed by atoms with E-state index in [0.717, 1.165) is 17.0 Å². The molecule has 3 nitrogen and oxygen atoms in total. The topological polar surface area (TPSA) is 35.0 Å². The van der Waals surface area contributed by atoms with Crippen LogP contribution in [0.1, 0.15) is 22.4 Å². The van der Waals surface area contributed by atoms with E-state index in [4.69, 9.17) is 16.3 Å². The molecule has 0 unspecified atom stereocenters. The molecule has 0 fully saturated rings. The highest BCUT2D eigenvalue weighted by Crippen LogP contribution is 2.27. The number of rotatable bonds is 3. The first-order valence-electron chi connectivity index (χ1n) is 5.74. The van der Waals surface area contributed by atoms with Gasteiger partial charge in [0, 0.05) is 6.07 Å². The molecule has 18 heavy (non-hydrogen) atoms. The van der Waals surface area contributed by atoms with E-state index in [1.807, 2.05) is 26.0 Å². The number of alkyl halides is 1. The molecule has 2 aromatic rings. The van der Waals surface area contributed by atoms with E-state index in [1.54, 1.807) is 6.07 Å². The predicted octanol–water partition coefficient (Wildman–Crippen LogP) is 3.93. The largest absolute Gasteiger partial charge is 0.437 e. The molecule has 0 saturated carbocycles.